The fourth-order valence-electron chi connectivity index (χ4n) is 4.07. The first-order valence-corrected chi connectivity index (χ1v) is 12.4. The number of carbonyl (C=O) groups excluding carboxylic acids is 1. The Hall–Kier alpha value is -3.37. The van der Waals surface area contributed by atoms with Crippen LogP contribution in [0.2, 0.25) is 0 Å². The fourth-order valence-corrected chi connectivity index (χ4v) is 5.51. The zero-order chi connectivity index (χ0) is 25.1. The van der Waals surface area contributed by atoms with Gasteiger partial charge in [-0.2, -0.15) is 4.31 Å². The van der Waals surface area contributed by atoms with Crippen LogP contribution >= 0.6 is 0 Å². The van der Waals surface area contributed by atoms with Crippen LogP contribution in [0.25, 0.3) is 0 Å². The molecule has 1 aliphatic heterocycles. The van der Waals surface area contributed by atoms with Crippen LogP contribution in [-0.2, 0) is 26.9 Å². The van der Waals surface area contributed by atoms with Crippen molar-refractivity contribution in [1.29, 1.82) is 0 Å². The molecule has 10 heteroatoms. The summed E-state index contributed by atoms with van der Waals surface area (Å²) in [5.74, 6) is -2.54. The minimum absolute atomic E-state index is 0.0173. The number of alkyl carbamates (subject to hydrolysis) is 1. The van der Waals surface area contributed by atoms with Gasteiger partial charge in [0.05, 0.1) is 4.90 Å². The summed E-state index contributed by atoms with van der Waals surface area (Å²) in [4.78, 5) is 12.7. The summed E-state index contributed by atoms with van der Waals surface area (Å²) in [6.45, 7) is 0.0715. The third-order valence-electron chi connectivity index (χ3n) is 5.99. The second-order valence-electron chi connectivity index (χ2n) is 8.21. The number of hydrogen-bond donors (Lipinski definition) is 1. The van der Waals surface area contributed by atoms with Crippen molar-refractivity contribution in [1.82, 2.24) is 9.62 Å². The Balaban J connectivity index is 1.48. The van der Waals surface area contributed by atoms with E-state index in [1.54, 1.807) is 24.3 Å². The van der Waals surface area contributed by atoms with E-state index in [-0.39, 0.29) is 37.4 Å². The molecule has 1 saturated heterocycles. The lowest BCUT2D eigenvalue weighted by atomic mass is 9.85. The molecule has 0 spiro atoms. The van der Waals surface area contributed by atoms with E-state index in [0.717, 1.165) is 24.3 Å². The highest BCUT2D eigenvalue weighted by Gasteiger charge is 2.42. The topological polar surface area (TPSA) is 75.7 Å². The number of rotatable bonds is 6. The zero-order valence-electron chi connectivity index (χ0n) is 18.6. The minimum Gasteiger partial charge on any atom is -0.438 e. The van der Waals surface area contributed by atoms with E-state index < -0.39 is 39.2 Å². The maximum absolute atomic E-state index is 13.4. The second-order valence-corrected chi connectivity index (χ2v) is 10.1. The van der Waals surface area contributed by atoms with Crippen LogP contribution in [0.15, 0.2) is 77.7 Å². The van der Waals surface area contributed by atoms with Crippen LogP contribution < -0.4 is 5.32 Å². The SMILES string of the molecule is O=C(NCc1ccc(F)c(F)c1)OC1(c2ccccc2)CCN(S(=O)(=O)c2ccc(F)cc2)CC1. The van der Waals surface area contributed by atoms with Crippen molar-refractivity contribution in [2.45, 2.75) is 29.9 Å². The number of nitrogens with one attached hydrogen (secondary N) is 1. The van der Waals surface area contributed by atoms with Gasteiger partial charge < -0.3 is 10.1 Å². The molecule has 0 atom stereocenters. The van der Waals surface area contributed by atoms with Crippen molar-refractivity contribution in [2.75, 3.05) is 13.1 Å². The van der Waals surface area contributed by atoms with E-state index in [4.69, 9.17) is 4.74 Å². The molecular weight excluding hydrogens is 481 g/mol. The average Bonchev–Trinajstić information content (AvgIpc) is 2.86. The number of ether oxygens (including phenoxy) is 1. The predicted octanol–water partition coefficient (Wildman–Crippen LogP) is 4.71. The number of carbonyl (C=O) groups is 1. The molecule has 4 rings (SSSR count). The summed E-state index contributed by atoms with van der Waals surface area (Å²) >= 11 is 0. The standard InChI is InChI=1S/C25H23F3N2O4S/c26-20-7-9-21(10-8-20)35(32,33)30-14-12-25(13-15-30,19-4-2-1-3-5-19)34-24(31)29-17-18-6-11-22(27)23(28)16-18/h1-11,16H,12-15,17H2,(H,29,31). The van der Waals surface area contributed by atoms with Crippen LogP contribution in [0.5, 0.6) is 0 Å². The molecule has 35 heavy (non-hydrogen) atoms. The van der Waals surface area contributed by atoms with Crippen LogP contribution in [0.1, 0.15) is 24.0 Å². The van der Waals surface area contributed by atoms with Gasteiger partial charge in [-0.25, -0.2) is 26.4 Å². The van der Waals surface area contributed by atoms with Crippen molar-refractivity contribution in [3.63, 3.8) is 0 Å². The Morgan fingerprint density at radius 3 is 2.20 bits per heavy atom. The Labute approximate surface area is 201 Å². The van der Waals surface area contributed by atoms with Crippen LogP contribution in [0, 0.1) is 17.5 Å². The van der Waals surface area contributed by atoms with Crippen molar-refractivity contribution < 1.29 is 31.1 Å². The van der Waals surface area contributed by atoms with Gasteiger partial charge in [0, 0.05) is 32.5 Å². The lowest BCUT2D eigenvalue weighted by molar-refractivity contribution is -0.0279. The van der Waals surface area contributed by atoms with Crippen LogP contribution in [0.4, 0.5) is 18.0 Å². The Kier molecular flexibility index (Phi) is 7.13. The number of piperidine rings is 1. The van der Waals surface area contributed by atoms with Crippen molar-refractivity contribution in [2.24, 2.45) is 0 Å². The molecule has 0 aliphatic carbocycles. The minimum atomic E-state index is -3.85. The average molecular weight is 505 g/mol. The lowest BCUT2D eigenvalue weighted by Crippen LogP contribution is -2.48. The first-order chi connectivity index (χ1) is 16.7. The number of benzene rings is 3. The van der Waals surface area contributed by atoms with Gasteiger partial charge in [0.1, 0.15) is 11.4 Å². The third kappa shape index (κ3) is 5.49. The molecule has 184 valence electrons. The van der Waals surface area contributed by atoms with Gasteiger partial charge in [0.25, 0.3) is 0 Å². The lowest BCUT2D eigenvalue weighted by Gasteiger charge is -2.41. The third-order valence-corrected chi connectivity index (χ3v) is 7.90. The second kappa shape index (κ2) is 10.1. The Morgan fingerprint density at radius 1 is 0.914 bits per heavy atom. The zero-order valence-corrected chi connectivity index (χ0v) is 19.4. The van der Waals surface area contributed by atoms with Crippen LogP contribution in [-0.4, -0.2) is 31.9 Å². The molecular formula is C25H23F3N2O4S. The molecule has 1 N–H and O–H groups in total. The predicted molar refractivity (Wildman–Crippen MR) is 122 cm³/mol. The summed E-state index contributed by atoms with van der Waals surface area (Å²) in [6.07, 6.45) is -0.389. The van der Waals surface area contributed by atoms with Crippen LogP contribution in [0.3, 0.4) is 0 Å². The summed E-state index contributed by atoms with van der Waals surface area (Å²) in [7, 11) is -3.85. The normalized spacial score (nSPS) is 16.0. The van der Waals surface area contributed by atoms with E-state index in [1.807, 2.05) is 6.07 Å². The summed E-state index contributed by atoms with van der Waals surface area (Å²) in [6, 6.07) is 16.9. The molecule has 1 amide bonds. The van der Waals surface area contributed by atoms with Gasteiger partial charge in [0.15, 0.2) is 11.6 Å². The first-order valence-electron chi connectivity index (χ1n) is 10.9. The molecule has 1 aliphatic rings. The first kappa shape index (κ1) is 24.7. The fraction of sp³-hybridized carbons (Fsp3) is 0.240. The maximum atomic E-state index is 13.4. The number of sulfonamides is 1. The number of halogens is 3. The van der Waals surface area contributed by atoms with Crippen molar-refractivity contribution in [3.05, 3.63) is 101 Å². The summed E-state index contributed by atoms with van der Waals surface area (Å²) in [5, 5.41) is 2.54. The molecule has 0 saturated carbocycles. The van der Waals surface area contributed by atoms with E-state index in [0.29, 0.717) is 11.1 Å². The molecule has 0 unspecified atom stereocenters. The quantitative estimate of drug-likeness (QED) is 0.528. The van der Waals surface area contributed by atoms with E-state index >= 15 is 0 Å². The summed E-state index contributed by atoms with van der Waals surface area (Å²) < 4.78 is 72.9. The largest absolute Gasteiger partial charge is 0.438 e. The highest BCUT2D eigenvalue weighted by molar-refractivity contribution is 7.89. The Bertz CT molecular complexity index is 1290. The van der Waals surface area contributed by atoms with Crippen molar-refractivity contribution >= 4 is 16.1 Å². The molecule has 0 radical (unpaired) electrons. The monoisotopic (exact) mass is 504 g/mol. The van der Waals surface area contributed by atoms with Gasteiger partial charge >= 0.3 is 6.09 Å². The molecule has 0 aromatic heterocycles. The number of amides is 1. The van der Waals surface area contributed by atoms with Crippen molar-refractivity contribution in [3.8, 4) is 0 Å². The molecule has 1 heterocycles. The molecule has 0 bridgehead atoms. The highest BCUT2D eigenvalue weighted by atomic mass is 32.2. The molecule has 3 aromatic rings. The number of nitrogens with zero attached hydrogens (tertiary/aromatic N) is 1. The van der Waals surface area contributed by atoms with Gasteiger partial charge in [-0.15, -0.1) is 0 Å². The van der Waals surface area contributed by atoms with E-state index in [2.05, 4.69) is 5.32 Å². The smallest absolute Gasteiger partial charge is 0.408 e. The van der Waals surface area contributed by atoms with Gasteiger partial charge in [-0.3, -0.25) is 0 Å². The van der Waals surface area contributed by atoms with E-state index in [1.165, 1.54) is 22.5 Å². The Morgan fingerprint density at radius 2 is 1.57 bits per heavy atom. The maximum Gasteiger partial charge on any atom is 0.408 e. The molecule has 1 fully saturated rings. The molecule has 3 aromatic carbocycles. The van der Waals surface area contributed by atoms with Gasteiger partial charge in [-0.05, 0) is 47.5 Å². The summed E-state index contributed by atoms with van der Waals surface area (Å²) in [5.41, 5.74) is -0.0228. The highest BCUT2D eigenvalue weighted by Crippen LogP contribution is 2.38. The van der Waals surface area contributed by atoms with Gasteiger partial charge in [0.2, 0.25) is 10.0 Å². The van der Waals surface area contributed by atoms with E-state index in [9.17, 15) is 26.4 Å². The molecule has 6 nitrogen and oxygen atoms in total. The number of hydrogen-bond acceptors (Lipinski definition) is 4. The van der Waals surface area contributed by atoms with Gasteiger partial charge in [-0.1, -0.05) is 36.4 Å².